The van der Waals surface area contributed by atoms with E-state index in [0.717, 1.165) is 62.0 Å². The Hall–Kier alpha value is -1.76. The number of carbonyl (C=O) groups is 1. The highest BCUT2D eigenvalue weighted by molar-refractivity contribution is 7.13. The van der Waals surface area contributed by atoms with Crippen molar-refractivity contribution in [2.75, 3.05) is 39.3 Å². The Morgan fingerprint density at radius 1 is 1.20 bits per heavy atom. The first-order valence-electron chi connectivity index (χ1n) is 9.02. The molecule has 1 aromatic heterocycles. The minimum atomic E-state index is 0.211. The molecule has 1 aromatic carbocycles. The zero-order valence-electron chi connectivity index (χ0n) is 14.4. The van der Waals surface area contributed by atoms with E-state index in [1.165, 1.54) is 0 Å². The summed E-state index contributed by atoms with van der Waals surface area (Å²) < 4.78 is 0. The molecule has 2 saturated heterocycles. The second kappa shape index (κ2) is 7.64. The predicted octanol–water partition coefficient (Wildman–Crippen LogP) is 1.86. The monoisotopic (exact) mass is 356 g/mol. The van der Waals surface area contributed by atoms with Gasteiger partial charge < -0.3 is 10.2 Å². The highest BCUT2D eigenvalue weighted by Crippen LogP contribution is 2.24. The maximum Gasteiger partial charge on any atom is 0.228 e. The zero-order chi connectivity index (χ0) is 17.1. The molecule has 4 rings (SSSR count). The van der Waals surface area contributed by atoms with Gasteiger partial charge in [-0.2, -0.15) is 0 Å². The highest BCUT2D eigenvalue weighted by atomic mass is 32.1. The molecule has 132 valence electrons. The normalized spacial score (nSPS) is 21.6. The molecule has 2 fully saturated rings. The van der Waals surface area contributed by atoms with Crippen molar-refractivity contribution in [3.8, 4) is 10.6 Å². The smallest absolute Gasteiger partial charge is 0.228 e. The number of nitrogens with one attached hydrogen (secondary N) is 1. The van der Waals surface area contributed by atoms with Gasteiger partial charge in [0.05, 0.1) is 12.1 Å². The average molecular weight is 356 g/mol. The molecule has 1 unspecified atom stereocenters. The first kappa shape index (κ1) is 16.7. The average Bonchev–Trinajstić information content (AvgIpc) is 3.33. The Kier molecular flexibility index (Phi) is 5.10. The summed E-state index contributed by atoms with van der Waals surface area (Å²) in [7, 11) is 0. The van der Waals surface area contributed by atoms with E-state index in [9.17, 15) is 4.79 Å². The predicted molar refractivity (Wildman–Crippen MR) is 101 cm³/mol. The van der Waals surface area contributed by atoms with Gasteiger partial charge in [-0.05, 0) is 6.42 Å². The van der Waals surface area contributed by atoms with E-state index in [1.54, 1.807) is 11.3 Å². The van der Waals surface area contributed by atoms with E-state index in [-0.39, 0.29) is 5.91 Å². The SMILES string of the molecule is O=C(Cc1csc(-c2ccccc2)n1)N1CCC(N2CCNCC2)C1. The molecule has 2 aliphatic rings. The molecular formula is C19H24N4OS. The van der Waals surface area contributed by atoms with Crippen LogP contribution in [-0.2, 0) is 11.2 Å². The van der Waals surface area contributed by atoms with Crippen molar-refractivity contribution in [1.29, 1.82) is 0 Å². The van der Waals surface area contributed by atoms with Crippen LogP contribution in [0.5, 0.6) is 0 Å². The Balaban J connectivity index is 1.34. The standard InChI is InChI=1S/C19H24N4OS/c24-18(23-9-6-17(13-23)22-10-7-20-8-11-22)12-16-14-25-19(21-16)15-4-2-1-3-5-15/h1-5,14,17,20H,6-13H2. The molecule has 0 bridgehead atoms. The molecule has 6 heteroatoms. The third-order valence-corrected chi connectivity index (χ3v) is 6.03. The van der Waals surface area contributed by atoms with Crippen molar-refractivity contribution in [3.05, 3.63) is 41.4 Å². The van der Waals surface area contributed by atoms with Crippen LogP contribution < -0.4 is 5.32 Å². The van der Waals surface area contributed by atoms with E-state index in [1.807, 2.05) is 28.5 Å². The van der Waals surface area contributed by atoms with Crippen molar-refractivity contribution in [2.45, 2.75) is 18.9 Å². The quantitative estimate of drug-likeness (QED) is 0.908. The molecule has 0 aliphatic carbocycles. The lowest BCUT2D eigenvalue weighted by Gasteiger charge is -2.32. The topological polar surface area (TPSA) is 48.5 Å². The van der Waals surface area contributed by atoms with Crippen LogP contribution in [0.15, 0.2) is 35.7 Å². The summed E-state index contributed by atoms with van der Waals surface area (Å²) in [5.41, 5.74) is 2.01. The van der Waals surface area contributed by atoms with Crippen LogP contribution in [0.1, 0.15) is 12.1 Å². The minimum absolute atomic E-state index is 0.211. The minimum Gasteiger partial charge on any atom is -0.341 e. The van der Waals surface area contributed by atoms with Gasteiger partial charge in [0, 0.05) is 56.3 Å². The number of thiazole rings is 1. The number of nitrogens with zero attached hydrogens (tertiary/aromatic N) is 3. The molecule has 1 amide bonds. The first-order chi connectivity index (χ1) is 12.3. The Morgan fingerprint density at radius 2 is 2.00 bits per heavy atom. The second-order valence-corrected chi connectivity index (χ2v) is 7.61. The van der Waals surface area contributed by atoms with Crippen LogP contribution in [-0.4, -0.2) is 66.0 Å². The molecule has 1 atom stereocenters. The van der Waals surface area contributed by atoms with Crippen LogP contribution in [0.3, 0.4) is 0 Å². The van der Waals surface area contributed by atoms with Gasteiger partial charge in [0.2, 0.25) is 5.91 Å². The third-order valence-electron chi connectivity index (χ3n) is 5.09. The molecule has 0 saturated carbocycles. The molecular weight excluding hydrogens is 332 g/mol. The molecule has 5 nitrogen and oxygen atoms in total. The van der Waals surface area contributed by atoms with E-state index in [4.69, 9.17) is 0 Å². The number of benzene rings is 1. The molecule has 2 aromatic rings. The van der Waals surface area contributed by atoms with Gasteiger partial charge in [0.15, 0.2) is 0 Å². The largest absolute Gasteiger partial charge is 0.341 e. The van der Waals surface area contributed by atoms with Crippen molar-refractivity contribution in [2.24, 2.45) is 0 Å². The number of rotatable bonds is 4. The Labute approximate surface area is 152 Å². The van der Waals surface area contributed by atoms with Gasteiger partial charge >= 0.3 is 0 Å². The molecule has 1 N–H and O–H groups in total. The zero-order valence-corrected chi connectivity index (χ0v) is 15.2. The van der Waals surface area contributed by atoms with Gasteiger partial charge in [-0.15, -0.1) is 11.3 Å². The summed E-state index contributed by atoms with van der Waals surface area (Å²) in [4.78, 5) is 21.9. The van der Waals surface area contributed by atoms with Gasteiger partial charge in [0.1, 0.15) is 5.01 Å². The van der Waals surface area contributed by atoms with E-state index in [2.05, 4.69) is 27.3 Å². The van der Waals surface area contributed by atoms with Gasteiger partial charge in [0.25, 0.3) is 0 Å². The number of likely N-dealkylation sites (tertiary alicyclic amines) is 1. The van der Waals surface area contributed by atoms with E-state index in [0.29, 0.717) is 12.5 Å². The van der Waals surface area contributed by atoms with Crippen molar-refractivity contribution >= 4 is 17.2 Å². The number of hydrogen-bond donors (Lipinski definition) is 1. The van der Waals surface area contributed by atoms with E-state index >= 15 is 0 Å². The lowest BCUT2D eigenvalue weighted by atomic mass is 10.2. The van der Waals surface area contributed by atoms with Gasteiger partial charge in [-0.3, -0.25) is 9.69 Å². The van der Waals surface area contributed by atoms with Crippen LogP contribution in [0, 0.1) is 0 Å². The number of piperazine rings is 1. The number of hydrogen-bond acceptors (Lipinski definition) is 5. The van der Waals surface area contributed by atoms with Gasteiger partial charge in [-0.1, -0.05) is 30.3 Å². The summed E-state index contributed by atoms with van der Waals surface area (Å²) in [6.45, 7) is 6.06. The summed E-state index contributed by atoms with van der Waals surface area (Å²) in [5.74, 6) is 0.211. The first-order valence-corrected chi connectivity index (χ1v) is 9.90. The fourth-order valence-electron chi connectivity index (χ4n) is 3.68. The summed E-state index contributed by atoms with van der Waals surface area (Å²) in [5, 5.41) is 6.40. The summed E-state index contributed by atoms with van der Waals surface area (Å²) in [6, 6.07) is 10.7. The Morgan fingerprint density at radius 3 is 2.80 bits per heavy atom. The maximum atomic E-state index is 12.6. The second-order valence-electron chi connectivity index (χ2n) is 6.76. The lowest BCUT2D eigenvalue weighted by molar-refractivity contribution is -0.129. The third kappa shape index (κ3) is 3.92. The van der Waals surface area contributed by atoms with Crippen molar-refractivity contribution in [1.82, 2.24) is 20.1 Å². The van der Waals surface area contributed by atoms with Crippen LogP contribution in [0.2, 0.25) is 0 Å². The summed E-state index contributed by atoms with van der Waals surface area (Å²) >= 11 is 1.61. The van der Waals surface area contributed by atoms with E-state index < -0.39 is 0 Å². The fraction of sp³-hybridized carbons (Fsp3) is 0.474. The van der Waals surface area contributed by atoms with Crippen LogP contribution in [0.4, 0.5) is 0 Å². The molecule has 0 radical (unpaired) electrons. The lowest BCUT2D eigenvalue weighted by Crippen LogP contribution is -2.49. The molecule has 0 spiro atoms. The van der Waals surface area contributed by atoms with Crippen molar-refractivity contribution < 1.29 is 4.79 Å². The fourth-order valence-corrected chi connectivity index (χ4v) is 4.51. The molecule has 3 heterocycles. The maximum absolute atomic E-state index is 12.6. The van der Waals surface area contributed by atoms with Crippen molar-refractivity contribution in [3.63, 3.8) is 0 Å². The molecule has 25 heavy (non-hydrogen) atoms. The number of aromatic nitrogens is 1. The summed E-state index contributed by atoms with van der Waals surface area (Å²) in [6.07, 6.45) is 1.51. The van der Waals surface area contributed by atoms with Crippen LogP contribution in [0.25, 0.3) is 10.6 Å². The number of carbonyl (C=O) groups excluding carboxylic acids is 1. The number of amides is 1. The Bertz CT molecular complexity index is 711. The molecule has 2 aliphatic heterocycles. The van der Waals surface area contributed by atoms with Crippen LogP contribution >= 0.6 is 11.3 Å². The van der Waals surface area contributed by atoms with Gasteiger partial charge in [-0.25, -0.2) is 4.98 Å². The highest BCUT2D eigenvalue weighted by Gasteiger charge is 2.31.